The number of aromatic nitrogens is 1. The van der Waals surface area contributed by atoms with Crippen LogP contribution >= 0.6 is 15.9 Å². The number of benzene rings is 1. The van der Waals surface area contributed by atoms with Crippen molar-refractivity contribution in [3.05, 3.63) is 58.1 Å². The summed E-state index contributed by atoms with van der Waals surface area (Å²) in [5.74, 6) is -0.268. The zero-order valence-corrected chi connectivity index (χ0v) is 14.9. The fraction of sp³-hybridized carbons (Fsp3) is 0.389. The molecule has 4 heteroatoms. The molecule has 0 unspecified atom stereocenters. The van der Waals surface area contributed by atoms with E-state index < -0.39 is 0 Å². The van der Waals surface area contributed by atoms with E-state index in [1.807, 2.05) is 32.2 Å². The zero-order chi connectivity index (χ0) is 16.2. The molecule has 2 nitrogen and oxygen atoms in total. The van der Waals surface area contributed by atoms with Gasteiger partial charge in [-0.15, -0.1) is 0 Å². The van der Waals surface area contributed by atoms with Gasteiger partial charge in [-0.1, -0.05) is 35.3 Å². The lowest BCUT2D eigenvalue weighted by Crippen LogP contribution is -2.29. The van der Waals surface area contributed by atoms with Crippen LogP contribution in [0, 0.1) is 5.82 Å². The summed E-state index contributed by atoms with van der Waals surface area (Å²) < 4.78 is 14.2. The van der Waals surface area contributed by atoms with Gasteiger partial charge in [-0.05, 0) is 56.5 Å². The molecule has 1 aromatic heterocycles. The maximum Gasteiger partial charge on any atom is 0.126 e. The lowest BCUT2D eigenvalue weighted by atomic mass is 9.98. The molecule has 1 aromatic carbocycles. The van der Waals surface area contributed by atoms with Crippen LogP contribution in [-0.4, -0.2) is 4.98 Å². The molecule has 22 heavy (non-hydrogen) atoms. The predicted octanol–water partition coefficient (Wildman–Crippen LogP) is 5.67. The van der Waals surface area contributed by atoms with E-state index in [1.165, 1.54) is 30.5 Å². The molecule has 0 amide bonds. The third-order valence-electron chi connectivity index (χ3n) is 3.60. The van der Waals surface area contributed by atoms with E-state index in [2.05, 4.69) is 39.2 Å². The Labute approximate surface area is 140 Å². The average molecular weight is 365 g/mol. The maximum absolute atomic E-state index is 13.5. The SMILES string of the molecule is CCCCc1ccc(C(C)(C)Nc2cc(F)cc(Br)c2)nc1. The molecule has 0 aliphatic rings. The number of aryl methyl sites for hydroxylation is 1. The van der Waals surface area contributed by atoms with Gasteiger partial charge in [0.15, 0.2) is 0 Å². The van der Waals surface area contributed by atoms with E-state index in [0.29, 0.717) is 4.47 Å². The second-order valence-corrected chi connectivity index (χ2v) is 6.98. The van der Waals surface area contributed by atoms with E-state index in [0.717, 1.165) is 17.8 Å². The first-order valence-corrected chi connectivity index (χ1v) is 8.39. The minimum atomic E-state index is -0.378. The van der Waals surface area contributed by atoms with Crippen LogP contribution < -0.4 is 5.32 Å². The van der Waals surface area contributed by atoms with Crippen LogP contribution in [0.2, 0.25) is 0 Å². The molecule has 0 aliphatic carbocycles. The molecule has 0 fully saturated rings. The smallest absolute Gasteiger partial charge is 0.126 e. The number of halogens is 2. The molecule has 2 rings (SSSR count). The lowest BCUT2D eigenvalue weighted by Gasteiger charge is -2.27. The van der Waals surface area contributed by atoms with Gasteiger partial charge in [0.2, 0.25) is 0 Å². The highest BCUT2D eigenvalue weighted by Gasteiger charge is 2.22. The van der Waals surface area contributed by atoms with Crippen molar-refractivity contribution in [2.45, 2.75) is 45.6 Å². The Kier molecular flexibility index (Phi) is 5.57. The Morgan fingerprint density at radius 3 is 2.59 bits per heavy atom. The van der Waals surface area contributed by atoms with Crippen molar-refractivity contribution < 1.29 is 4.39 Å². The van der Waals surface area contributed by atoms with Gasteiger partial charge in [-0.2, -0.15) is 0 Å². The van der Waals surface area contributed by atoms with Crippen LogP contribution in [0.15, 0.2) is 41.0 Å². The van der Waals surface area contributed by atoms with E-state index >= 15 is 0 Å². The van der Waals surface area contributed by atoms with Crippen molar-refractivity contribution in [2.75, 3.05) is 5.32 Å². The van der Waals surface area contributed by atoms with E-state index in [9.17, 15) is 4.39 Å². The molecule has 1 N–H and O–H groups in total. The molecule has 0 spiro atoms. The lowest BCUT2D eigenvalue weighted by molar-refractivity contribution is 0.583. The highest BCUT2D eigenvalue weighted by atomic mass is 79.9. The standard InChI is InChI=1S/C18H22BrFN2/c1-4-5-6-13-7-8-17(21-12-13)18(2,3)22-16-10-14(19)9-15(20)11-16/h7-12,22H,4-6H2,1-3H3. The number of unbranched alkanes of at least 4 members (excludes halogenated alkanes) is 1. The van der Waals surface area contributed by atoms with Crippen LogP contribution in [0.4, 0.5) is 10.1 Å². The molecule has 0 radical (unpaired) electrons. The summed E-state index contributed by atoms with van der Waals surface area (Å²) in [5.41, 5.74) is 2.55. The third-order valence-corrected chi connectivity index (χ3v) is 4.06. The van der Waals surface area contributed by atoms with Gasteiger partial charge in [0.05, 0.1) is 11.2 Å². The van der Waals surface area contributed by atoms with Crippen molar-refractivity contribution in [1.29, 1.82) is 0 Å². The van der Waals surface area contributed by atoms with Crippen LogP contribution in [0.1, 0.15) is 44.9 Å². The second kappa shape index (κ2) is 7.23. The van der Waals surface area contributed by atoms with Crippen molar-refractivity contribution in [3.8, 4) is 0 Å². The monoisotopic (exact) mass is 364 g/mol. The van der Waals surface area contributed by atoms with Gasteiger partial charge in [0.25, 0.3) is 0 Å². The van der Waals surface area contributed by atoms with Crippen LogP contribution in [-0.2, 0) is 12.0 Å². The van der Waals surface area contributed by atoms with Crippen molar-refractivity contribution in [1.82, 2.24) is 4.98 Å². The molecule has 0 saturated heterocycles. The Morgan fingerprint density at radius 2 is 2.00 bits per heavy atom. The average Bonchev–Trinajstić information content (AvgIpc) is 2.44. The van der Waals surface area contributed by atoms with Crippen LogP contribution in [0.5, 0.6) is 0 Å². The molecule has 0 atom stereocenters. The van der Waals surface area contributed by atoms with Crippen LogP contribution in [0.3, 0.4) is 0 Å². The molecule has 1 heterocycles. The quantitative estimate of drug-likeness (QED) is 0.713. The summed E-state index contributed by atoms with van der Waals surface area (Å²) in [6, 6.07) is 8.97. The summed E-state index contributed by atoms with van der Waals surface area (Å²) in [7, 11) is 0. The zero-order valence-electron chi connectivity index (χ0n) is 13.3. The fourth-order valence-corrected chi connectivity index (χ4v) is 2.84. The highest BCUT2D eigenvalue weighted by Crippen LogP contribution is 2.27. The summed E-state index contributed by atoms with van der Waals surface area (Å²) >= 11 is 3.31. The normalized spacial score (nSPS) is 11.5. The van der Waals surface area contributed by atoms with E-state index in [-0.39, 0.29) is 11.4 Å². The molecule has 0 saturated carbocycles. The van der Waals surface area contributed by atoms with Gasteiger partial charge in [-0.3, -0.25) is 4.98 Å². The molecule has 0 aliphatic heterocycles. The number of rotatable bonds is 6. The molecule has 2 aromatic rings. The Hall–Kier alpha value is -1.42. The number of pyridine rings is 1. The number of nitrogens with one attached hydrogen (secondary N) is 1. The topological polar surface area (TPSA) is 24.9 Å². The third kappa shape index (κ3) is 4.54. The van der Waals surface area contributed by atoms with Gasteiger partial charge < -0.3 is 5.32 Å². The molecule has 0 bridgehead atoms. The van der Waals surface area contributed by atoms with Gasteiger partial charge >= 0.3 is 0 Å². The van der Waals surface area contributed by atoms with Crippen molar-refractivity contribution >= 4 is 21.6 Å². The first-order chi connectivity index (χ1) is 10.4. The van der Waals surface area contributed by atoms with Crippen LogP contribution in [0.25, 0.3) is 0 Å². The first kappa shape index (κ1) is 16.9. The largest absolute Gasteiger partial charge is 0.374 e. The van der Waals surface area contributed by atoms with Gasteiger partial charge in [0.1, 0.15) is 5.82 Å². The summed E-state index contributed by atoms with van der Waals surface area (Å²) in [6.07, 6.45) is 5.37. The second-order valence-electron chi connectivity index (χ2n) is 6.06. The Bertz CT molecular complexity index is 603. The molecule has 118 valence electrons. The summed E-state index contributed by atoms with van der Waals surface area (Å²) in [4.78, 5) is 4.58. The number of nitrogens with zero attached hydrogens (tertiary/aromatic N) is 1. The minimum Gasteiger partial charge on any atom is -0.374 e. The molecular formula is C18H22BrFN2. The number of hydrogen-bond acceptors (Lipinski definition) is 2. The first-order valence-electron chi connectivity index (χ1n) is 7.60. The van der Waals surface area contributed by atoms with Gasteiger partial charge in [-0.25, -0.2) is 4.39 Å². The maximum atomic E-state index is 13.5. The summed E-state index contributed by atoms with van der Waals surface area (Å²) in [6.45, 7) is 6.27. The van der Waals surface area contributed by atoms with Crippen molar-refractivity contribution in [2.24, 2.45) is 0 Å². The van der Waals surface area contributed by atoms with E-state index in [1.54, 1.807) is 0 Å². The fourth-order valence-electron chi connectivity index (χ4n) is 2.37. The van der Waals surface area contributed by atoms with E-state index in [4.69, 9.17) is 0 Å². The minimum absolute atomic E-state index is 0.268. The summed E-state index contributed by atoms with van der Waals surface area (Å²) in [5, 5.41) is 3.35. The Morgan fingerprint density at radius 1 is 1.23 bits per heavy atom. The number of anilines is 1. The predicted molar refractivity (Wildman–Crippen MR) is 93.6 cm³/mol. The Balaban J connectivity index is 2.15. The number of hydrogen-bond donors (Lipinski definition) is 1. The van der Waals surface area contributed by atoms with Gasteiger partial charge in [0, 0.05) is 16.4 Å². The van der Waals surface area contributed by atoms with Crippen molar-refractivity contribution in [3.63, 3.8) is 0 Å². The molecular weight excluding hydrogens is 343 g/mol. The highest BCUT2D eigenvalue weighted by molar-refractivity contribution is 9.10.